The van der Waals surface area contributed by atoms with Gasteiger partial charge in [0.05, 0.1) is 36.2 Å². The standard InChI is InChI=1S/C20H18F3N5O3/c1-12-3-4-13(19(30)31-2)7-15(12)25-9-18(29)27-16-8-14(20(21,22)23)5-6-17(16)28-11-24-10-26-28/h3-8,10-11,25H,9H2,1-2H3,(H,27,29). The number of nitrogens with one attached hydrogen (secondary N) is 2. The van der Waals surface area contributed by atoms with Crippen LogP contribution < -0.4 is 10.6 Å². The van der Waals surface area contributed by atoms with Crippen LogP contribution in [0.15, 0.2) is 49.1 Å². The van der Waals surface area contributed by atoms with Gasteiger partial charge in [-0.15, -0.1) is 0 Å². The van der Waals surface area contributed by atoms with Crippen LogP contribution in [0, 0.1) is 6.92 Å². The maximum Gasteiger partial charge on any atom is 0.416 e. The van der Waals surface area contributed by atoms with Crippen molar-refractivity contribution in [3.05, 3.63) is 65.7 Å². The zero-order chi connectivity index (χ0) is 22.6. The number of anilines is 2. The van der Waals surface area contributed by atoms with Gasteiger partial charge in [-0.05, 0) is 42.8 Å². The van der Waals surface area contributed by atoms with E-state index < -0.39 is 23.6 Å². The SMILES string of the molecule is COC(=O)c1ccc(C)c(NCC(=O)Nc2cc(C(F)(F)F)ccc2-n2cncn2)c1. The fourth-order valence-corrected chi connectivity index (χ4v) is 2.77. The fraction of sp³-hybridized carbons (Fsp3) is 0.200. The third-order valence-corrected chi connectivity index (χ3v) is 4.36. The first-order valence-corrected chi connectivity index (χ1v) is 8.98. The van der Waals surface area contributed by atoms with Gasteiger partial charge in [0, 0.05) is 5.69 Å². The molecule has 0 aliphatic carbocycles. The van der Waals surface area contributed by atoms with Crippen LogP contribution in [0.4, 0.5) is 24.5 Å². The Kier molecular flexibility index (Phi) is 6.23. The van der Waals surface area contributed by atoms with Gasteiger partial charge in [0.1, 0.15) is 12.7 Å². The lowest BCUT2D eigenvalue weighted by Crippen LogP contribution is -2.23. The van der Waals surface area contributed by atoms with Crippen LogP contribution in [0.25, 0.3) is 5.69 Å². The summed E-state index contributed by atoms with van der Waals surface area (Å²) in [5, 5.41) is 9.24. The smallest absolute Gasteiger partial charge is 0.416 e. The summed E-state index contributed by atoms with van der Waals surface area (Å²) in [5.74, 6) is -1.13. The van der Waals surface area contributed by atoms with E-state index >= 15 is 0 Å². The van der Waals surface area contributed by atoms with Gasteiger partial charge in [0.25, 0.3) is 0 Å². The number of carbonyl (C=O) groups excluding carboxylic acids is 2. The molecule has 1 aromatic heterocycles. The maximum atomic E-state index is 13.1. The van der Waals surface area contributed by atoms with Crippen LogP contribution in [0.5, 0.6) is 0 Å². The Bertz CT molecular complexity index is 1100. The Balaban J connectivity index is 1.79. The van der Waals surface area contributed by atoms with Crippen LogP contribution in [0.1, 0.15) is 21.5 Å². The molecular formula is C20H18F3N5O3. The Morgan fingerprint density at radius 1 is 1.13 bits per heavy atom. The zero-order valence-electron chi connectivity index (χ0n) is 16.5. The van der Waals surface area contributed by atoms with E-state index in [1.807, 2.05) is 0 Å². The van der Waals surface area contributed by atoms with Gasteiger partial charge >= 0.3 is 12.1 Å². The highest BCUT2D eigenvalue weighted by atomic mass is 19.4. The average Bonchev–Trinajstić information content (AvgIpc) is 3.26. The molecule has 0 saturated carbocycles. The van der Waals surface area contributed by atoms with Crippen molar-refractivity contribution in [3.8, 4) is 5.69 Å². The second kappa shape index (κ2) is 8.86. The van der Waals surface area contributed by atoms with Crippen LogP contribution in [0.2, 0.25) is 0 Å². The molecule has 0 unspecified atom stereocenters. The van der Waals surface area contributed by atoms with Crippen molar-refractivity contribution in [2.75, 3.05) is 24.3 Å². The van der Waals surface area contributed by atoms with E-state index in [0.29, 0.717) is 11.3 Å². The maximum absolute atomic E-state index is 13.1. The first-order valence-electron chi connectivity index (χ1n) is 8.98. The molecule has 3 rings (SSSR count). The summed E-state index contributed by atoms with van der Waals surface area (Å²) in [5.41, 5.74) is 0.805. The lowest BCUT2D eigenvalue weighted by Gasteiger charge is -2.15. The molecule has 1 amide bonds. The van der Waals surface area contributed by atoms with Gasteiger partial charge in [0.2, 0.25) is 5.91 Å². The molecule has 3 aromatic rings. The van der Waals surface area contributed by atoms with Gasteiger partial charge in [-0.25, -0.2) is 14.5 Å². The predicted molar refractivity (Wildman–Crippen MR) is 106 cm³/mol. The molecule has 2 aromatic carbocycles. The molecule has 0 atom stereocenters. The molecule has 162 valence electrons. The third-order valence-electron chi connectivity index (χ3n) is 4.36. The van der Waals surface area contributed by atoms with E-state index in [4.69, 9.17) is 0 Å². The molecule has 0 aliphatic heterocycles. The lowest BCUT2D eigenvalue weighted by molar-refractivity contribution is -0.137. The summed E-state index contributed by atoms with van der Waals surface area (Å²) in [6, 6.07) is 7.72. The van der Waals surface area contributed by atoms with Crippen LogP contribution >= 0.6 is 0 Å². The summed E-state index contributed by atoms with van der Waals surface area (Å²) in [7, 11) is 1.25. The number of hydrogen-bond acceptors (Lipinski definition) is 6. The average molecular weight is 433 g/mol. The van der Waals surface area contributed by atoms with E-state index in [1.165, 1.54) is 36.6 Å². The number of rotatable bonds is 6. The Hall–Kier alpha value is -3.89. The molecule has 1 heterocycles. The third kappa shape index (κ3) is 5.18. The summed E-state index contributed by atoms with van der Waals surface area (Å²) in [6.07, 6.45) is -2.05. The minimum absolute atomic E-state index is 0.0767. The number of hydrogen-bond donors (Lipinski definition) is 2. The summed E-state index contributed by atoms with van der Waals surface area (Å²) in [6.45, 7) is 1.52. The zero-order valence-corrected chi connectivity index (χ0v) is 16.5. The molecule has 8 nitrogen and oxygen atoms in total. The number of aromatic nitrogens is 3. The number of alkyl halides is 3. The lowest BCUT2D eigenvalue weighted by atomic mass is 10.1. The highest BCUT2D eigenvalue weighted by Crippen LogP contribution is 2.33. The van der Waals surface area contributed by atoms with Crippen molar-refractivity contribution in [2.45, 2.75) is 13.1 Å². The van der Waals surface area contributed by atoms with E-state index in [0.717, 1.165) is 17.7 Å². The topological polar surface area (TPSA) is 98.1 Å². The van der Waals surface area contributed by atoms with Crippen molar-refractivity contribution in [3.63, 3.8) is 0 Å². The molecule has 0 aliphatic rings. The molecule has 11 heteroatoms. The van der Waals surface area contributed by atoms with Gasteiger partial charge in [-0.2, -0.15) is 18.3 Å². The summed E-state index contributed by atoms with van der Waals surface area (Å²) in [4.78, 5) is 27.9. The number of benzene rings is 2. The van der Waals surface area contributed by atoms with Crippen molar-refractivity contribution < 1.29 is 27.5 Å². The van der Waals surface area contributed by atoms with E-state index in [-0.39, 0.29) is 17.9 Å². The molecule has 31 heavy (non-hydrogen) atoms. The fourth-order valence-electron chi connectivity index (χ4n) is 2.77. The molecule has 2 N–H and O–H groups in total. The molecule has 0 spiro atoms. The molecule has 0 radical (unpaired) electrons. The molecule has 0 fully saturated rings. The van der Waals surface area contributed by atoms with Crippen molar-refractivity contribution in [1.82, 2.24) is 14.8 Å². The van der Waals surface area contributed by atoms with Crippen molar-refractivity contribution >= 4 is 23.3 Å². The largest absolute Gasteiger partial charge is 0.465 e. The minimum atomic E-state index is -4.58. The van der Waals surface area contributed by atoms with Gasteiger partial charge < -0.3 is 15.4 Å². The molecule has 0 saturated heterocycles. The molecular weight excluding hydrogens is 415 g/mol. The van der Waals surface area contributed by atoms with E-state index in [1.54, 1.807) is 19.1 Å². The Labute approximate surface area is 175 Å². The van der Waals surface area contributed by atoms with Crippen molar-refractivity contribution in [2.24, 2.45) is 0 Å². The Morgan fingerprint density at radius 3 is 2.55 bits per heavy atom. The number of esters is 1. The number of amides is 1. The van der Waals surface area contributed by atoms with Gasteiger partial charge in [0.15, 0.2) is 0 Å². The van der Waals surface area contributed by atoms with Gasteiger partial charge in [-0.3, -0.25) is 4.79 Å². The van der Waals surface area contributed by atoms with Crippen molar-refractivity contribution in [1.29, 1.82) is 0 Å². The number of halogens is 3. The normalized spacial score (nSPS) is 11.1. The van der Waals surface area contributed by atoms with Gasteiger partial charge in [-0.1, -0.05) is 6.07 Å². The number of nitrogens with zero attached hydrogens (tertiary/aromatic N) is 3. The minimum Gasteiger partial charge on any atom is -0.465 e. The number of aryl methyl sites for hydroxylation is 1. The number of ether oxygens (including phenoxy) is 1. The van der Waals surface area contributed by atoms with Crippen LogP contribution in [-0.2, 0) is 15.7 Å². The number of carbonyl (C=O) groups is 2. The van der Waals surface area contributed by atoms with E-state index in [9.17, 15) is 22.8 Å². The summed E-state index contributed by atoms with van der Waals surface area (Å²) < 4.78 is 45.3. The number of methoxy groups -OCH3 is 1. The quantitative estimate of drug-likeness (QED) is 0.578. The highest BCUT2D eigenvalue weighted by Gasteiger charge is 2.31. The second-order valence-electron chi connectivity index (χ2n) is 6.49. The van der Waals surface area contributed by atoms with Crippen LogP contribution in [-0.4, -0.2) is 40.3 Å². The predicted octanol–water partition coefficient (Wildman–Crippen LogP) is 3.43. The highest BCUT2D eigenvalue weighted by molar-refractivity contribution is 5.96. The molecule has 0 bridgehead atoms. The second-order valence-corrected chi connectivity index (χ2v) is 6.49. The first-order chi connectivity index (χ1) is 14.7. The Morgan fingerprint density at radius 2 is 1.90 bits per heavy atom. The first kappa shape index (κ1) is 21.8. The van der Waals surface area contributed by atoms with Crippen LogP contribution in [0.3, 0.4) is 0 Å². The van der Waals surface area contributed by atoms with E-state index in [2.05, 4.69) is 25.5 Å². The monoisotopic (exact) mass is 433 g/mol. The summed E-state index contributed by atoms with van der Waals surface area (Å²) >= 11 is 0.